The SMILES string of the molecule is CCCCNC(C#N)c1cc(OC)c(OC)c(OC)c1. The van der Waals surface area contributed by atoms with Crippen LogP contribution in [-0.2, 0) is 0 Å². The van der Waals surface area contributed by atoms with Crippen LogP contribution in [-0.4, -0.2) is 27.9 Å². The van der Waals surface area contributed by atoms with Crippen molar-refractivity contribution in [1.29, 1.82) is 5.26 Å². The number of unbranched alkanes of at least 4 members (excludes halogenated alkanes) is 1. The van der Waals surface area contributed by atoms with E-state index in [1.165, 1.54) is 0 Å². The molecule has 110 valence electrons. The lowest BCUT2D eigenvalue weighted by Crippen LogP contribution is -2.21. The summed E-state index contributed by atoms with van der Waals surface area (Å²) in [6, 6.07) is 5.46. The maximum atomic E-state index is 9.31. The zero-order valence-electron chi connectivity index (χ0n) is 12.5. The summed E-state index contributed by atoms with van der Waals surface area (Å²) < 4.78 is 15.9. The van der Waals surface area contributed by atoms with E-state index in [1.807, 2.05) is 0 Å². The predicted octanol–water partition coefficient (Wildman–Crippen LogP) is 2.67. The predicted molar refractivity (Wildman–Crippen MR) is 77.4 cm³/mol. The van der Waals surface area contributed by atoms with Crippen LogP contribution >= 0.6 is 0 Å². The summed E-state index contributed by atoms with van der Waals surface area (Å²) in [5, 5.41) is 12.5. The van der Waals surface area contributed by atoms with Gasteiger partial charge < -0.3 is 14.2 Å². The molecule has 0 aliphatic carbocycles. The van der Waals surface area contributed by atoms with Crippen LogP contribution in [0.4, 0.5) is 0 Å². The Labute approximate surface area is 120 Å². The molecule has 1 N–H and O–H groups in total. The minimum atomic E-state index is -0.393. The first kappa shape index (κ1) is 16.1. The van der Waals surface area contributed by atoms with Gasteiger partial charge in [0.25, 0.3) is 0 Å². The van der Waals surface area contributed by atoms with E-state index in [-0.39, 0.29) is 0 Å². The molecule has 0 spiro atoms. The monoisotopic (exact) mass is 278 g/mol. The van der Waals surface area contributed by atoms with Crippen molar-refractivity contribution in [2.24, 2.45) is 0 Å². The van der Waals surface area contributed by atoms with Gasteiger partial charge in [-0.25, -0.2) is 0 Å². The van der Waals surface area contributed by atoms with E-state index >= 15 is 0 Å². The summed E-state index contributed by atoms with van der Waals surface area (Å²) >= 11 is 0. The van der Waals surface area contributed by atoms with Gasteiger partial charge in [0, 0.05) is 0 Å². The van der Waals surface area contributed by atoms with Crippen molar-refractivity contribution in [3.05, 3.63) is 17.7 Å². The highest BCUT2D eigenvalue weighted by atomic mass is 16.5. The van der Waals surface area contributed by atoms with Crippen LogP contribution in [0.1, 0.15) is 31.4 Å². The average molecular weight is 278 g/mol. The van der Waals surface area contributed by atoms with Gasteiger partial charge in [-0.2, -0.15) is 5.26 Å². The van der Waals surface area contributed by atoms with E-state index in [1.54, 1.807) is 33.5 Å². The third-order valence-electron chi connectivity index (χ3n) is 3.03. The van der Waals surface area contributed by atoms with E-state index in [0.717, 1.165) is 24.9 Å². The minimum Gasteiger partial charge on any atom is -0.493 e. The molecule has 5 nitrogen and oxygen atoms in total. The Morgan fingerprint density at radius 1 is 1.15 bits per heavy atom. The molecular formula is C15H22N2O3. The summed E-state index contributed by atoms with van der Waals surface area (Å²) in [4.78, 5) is 0. The van der Waals surface area contributed by atoms with E-state index < -0.39 is 6.04 Å². The second-order valence-corrected chi connectivity index (χ2v) is 4.33. The van der Waals surface area contributed by atoms with Crippen molar-refractivity contribution in [2.75, 3.05) is 27.9 Å². The lowest BCUT2D eigenvalue weighted by atomic mass is 10.1. The largest absolute Gasteiger partial charge is 0.493 e. The molecule has 0 saturated heterocycles. The van der Waals surface area contributed by atoms with E-state index in [4.69, 9.17) is 14.2 Å². The van der Waals surface area contributed by atoms with Gasteiger partial charge >= 0.3 is 0 Å². The molecule has 1 unspecified atom stereocenters. The van der Waals surface area contributed by atoms with Crippen molar-refractivity contribution in [2.45, 2.75) is 25.8 Å². The normalized spacial score (nSPS) is 11.6. The molecule has 5 heteroatoms. The summed E-state index contributed by atoms with van der Waals surface area (Å²) in [6.45, 7) is 2.91. The fourth-order valence-corrected chi connectivity index (χ4v) is 1.93. The summed E-state index contributed by atoms with van der Waals surface area (Å²) in [7, 11) is 4.68. The Morgan fingerprint density at radius 3 is 2.15 bits per heavy atom. The second kappa shape index (κ2) is 8.28. The first-order chi connectivity index (χ1) is 9.71. The molecule has 0 aromatic heterocycles. The number of rotatable bonds is 8. The topological polar surface area (TPSA) is 63.5 Å². The highest BCUT2D eigenvalue weighted by Crippen LogP contribution is 2.39. The standard InChI is InChI=1S/C15H22N2O3/c1-5-6-7-17-12(10-16)11-8-13(18-2)15(20-4)14(9-11)19-3/h8-9,12,17H,5-7H2,1-4H3. The number of methoxy groups -OCH3 is 3. The van der Waals surface area contributed by atoms with Crippen molar-refractivity contribution >= 4 is 0 Å². The lowest BCUT2D eigenvalue weighted by Gasteiger charge is -2.17. The molecule has 0 aliphatic rings. The minimum absolute atomic E-state index is 0.393. The van der Waals surface area contributed by atoms with Gasteiger partial charge in [-0.15, -0.1) is 0 Å². The number of ether oxygens (including phenoxy) is 3. The van der Waals surface area contributed by atoms with Crippen molar-refractivity contribution in [1.82, 2.24) is 5.32 Å². The number of nitrogens with one attached hydrogen (secondary N) is 1. The Bertz CT molecular complexity index is 444. The zero-order chi connectivity index (χ0) is 15.0. The Morgan fingerprint density at radius 2 is 1.75 bits per heavy atom. The van der Waals surface area contributed by atoms with E-state index in [2.05, 4.69) is 18.3 Å². The quantitative estimate of drug-likeness (QED) is 0.741. The van der Waals surface area contributed by atoms with Crippen LogP contribution in [0.2, 0.25) is 0 Å². The van der Waals surface area contributed by atoms with Gasteiger partial charge in [0.05, 0.1) is 27.4 Å². The molecule has 0 saturated carbocycles. The third-order valence-corrected chi connectivity index (χ3v) is 3.03. The maximum Gasteiger partial charge on any atom is 0.203 e. The summed E-state index contributed by atoms with van der Waals surface area (Å²) in [5.41, 5.74) is 0.804. The smallest absolute Gasteiger partial charge is 0.203 e. The molecule has 0 amide bonds. The third kappa shape index (κ3) is 3.78. The van der Waals surface area contributed by atoms with Crippen molar-refractivity contribution in [3.8, 4) is 23.3 Å². The zero-order valence-corrected chi connectivity index (χ0v) is 12.5. The number of benzene rings is 1. The Kier molecular flexibility index (Phi) is 6.68. The van der Waals surface area contributed by atoms with Crippen LogP contribution < -0.4 is 19.5 Å². The maximum absolute atomic E-state index is 9.31. The van der Waals surface area contributed by atoms with Crippen LogP contribution in [0.15, 0.2) is 12.1 Å². The molecule has 1 atom stereocenters. The summed E-state index contributed by atoms with van der Waals surface area (Å²) in [5.74, 6) is 1.64. The van der Waals surface area contributed by atoms with Crippen LogP contribution in [0, 0.1) is 11.3 Å². The molecule has 1 aromatic carbocycles. The molecule has 0 heterocycles. The molecule has 1 aromatic rings. The van der Waals surface area contributed by atoms with Gasteiger partial charge in [-0.3, -0.25) is 5.32 Å². The highest BCUT2D eigenvalue weighted by Gasteiger charge is 2.18. The lowest BCUT2D eigenvalue weighted by molar-refractivity contribution is 0.323. The molecule has 0 bridgehead atoms. The molecule has 1 rings (SSSR count). The van der Waals surface area contributed by atoms with Crippen LogP contribution in [0.25, 0.3) is 0 Å². The van der Waals surface area contributed by atoms with Gasteiger partial charge in [0.2, 0.25) is 5.75 Å². The van der Waals surface area contributed by atoms with E-state index in [9.17, 15) is 5.26 Å². The average Bonchev–Trinajstić information content (AvgIpc) is 2.50. The number of nitriles is 1. The molecule has 0 fully saturated rings. The fraction of sp³-hybridized carbons (Fsp3) is 0.533. The first-order valence-corrected chi connectivity index (χ1v) is 6.64. The number of hydrogen-bond acceptors (Lipinski definition) is 5. The van der Waals surface area contributed by atoms with E-state index in [0.29, 0.717) is 17.2 Å². The van der Waals surface area contributed by atoms with Crippen LogP contribution in [0.5, 0.6) is 17.2 Å². The molecule has 0 radical (unpaired) electrons. The van der Waals surface area contributed by atoms with Crippen molar-refractivity contribution < 1.29 is 14.2 Å². The fourth-order valence-electron chi connectivity index (χ4n) is 1.93. The number of nitrogens with zero attached hydrogens (tertiary/aromatic N) is 1. The second-order valence-electron chi connectivity index (χ2n) is 4.33. The highest BCUT2D eigenvalue weighted by molar-refractivity contribution is 5.55. The van der Waals surface area contributed by atoms with Gasteiger partial charge in [0.1, 0.15) is 6.04 Å². The Hall–Kier alpha value is -1.93. The number of hydrogen-bond donors (Lipinski definition) is 1. The van der Waals surface area contributed by atoms with Crippen LogP contribution in [0.3, 0.4) is 0 Å². The molecule has 20 heavy (non-hydrogen) atoms. The molecule has 0 aliphatic heterocycles. The van der Waals surface area contributed by atoms with Gasteiger partial charge in [-0.1, -0.05) is 13.3 Å². The van der Waals surface area contributed by atoms with Gasteiger partial charge in [0.15, 0.2) is 11.5 Å². The van der Waals surface area contributed by atoms with Gasteiger partial charge in [-0.05, 0) is 30.7 Å². The van der Waals surface area contributed by atoms with Crippen molar-refractivity contribution in [3.63, 3.8) is 0 Å². The Balaban J connectivity index is 3.07. The first-order valence-electron chi connectivity index (χ1n) is 6.64. The summed E-state index contributed by atoms with van der Waals surface area (Å²) in [6.07, 6.45) is 2.11. The molecular weight excluding hydrogens is 256 g/mol.